The number of aromatic nitrogens is 2. The number of halogens is 1. The van der Waals surface area contributed by atoms with E-state index in [0.29, 0.717) is 6.04 Å². The smallest absolute Gasteiger partial charge is 0.0847 e. The molecule has 1 unspecified atom stereocenters. The summed E-state index contributed by atoms with van der Waals surface area (Å²) in [7, 11) is 1.99. The van der Waals surface area contributed by atoms with E-state index in [0.717, 1.165) is 35.8 Å². The largest absolute Gasteiger partial charge is 0.317 e. The molecule has 1 aromatic heterocycles. The molecule has 1 N–H and O–H groups in total. The van der Waals surface area contributed by atoms with Crippen LogP contribution in [-0.2, 0) is 13.0 Å². The third-order valence-corrected chi connectivity index (χ3v) is 3.29. The summed E-state index contributed by atoms with van der Waals surface area (Å²) in [6, 6.07) is 0.476. The summed E-state index contributed by atoms with van der Waals surface area (Å²) in [5.41, 5.74) is 2.08. The molecule has 0 aliphatic carbocycles. The van der Waals surface area contributed by atoms with Crippen LogP contribution in [0.3, 0.4) is 0 Å². The number of hydrogen-bond acceptors (Lipinski definition) is 2. The molecule has 0 radical (unpaired) electrons. The Morgan fingerprint density at radius 3 is 2.60 bits per heavy atom. The van der Waals surface area contributed by atoms with Gasteiger partial charge in [-0.25, -0.2) is 0 Å². The molecular formula is C11H20ClN3. The lowest BCUT2D eigenvalue weighted by atomic mass is 10.1. The van der Waals surface area contributed by atoms with Crippen molar-refractivity contribution in [2.75, 3.05) is 7.05 Å². The van der Waals surface area contributed by atoms with Crippen molar-refractivity contribution >= 4 is 11.6 Å². The van der Waals surface area contributed by atoms with E-state index < -0.39 is 0 Å². The van der Waals surface area contributed by atoms with Crippen LogP contribution >= 0.6 is 11.6 Å². The van der Waals surface area contributed by atoms with Crippen LogP contribution in [-0.4, -0.2) is 22.9 Å². The Kier molecular flexibility index (Phi) is 4.61. The van der Waals surface area contributed by atoms with Gasteiger partial charge in [-0.3, -0.25) is 4.68 Å². The highest BCUT2D eigenvalue weighted by atomic mass is 35.5. The fraction of sp³-hybridized carbons (Fsp3) is 0.727. The van der Waals surface area contributed by atoms with Crippen LogP contribution in [0, 0.1) is 6.92 Å². The average molecular weight is 230 g/mol. The topological polar surface area (TPSA) is 29.9 Å². The first-order valence-corrected chi connectivity index (χ1v) is 5.90. The van der Waals surface area contributed by atoms with Gasteiger partial charge >= 0.3 is 0 Å². The summed E-state index contributed by atoms with van der Waals surface area (Å²) in [5.74, 6) is 0. The Labute approximate surface area is 96.8 Å². The molecular weight excluding hydrogens is 210 g/mol. The summed E-state index contributed by atoms with van der Waals surface area (Å²) in [5, 5.41) is 8.52. The molecule has 1 aromatic rings. The first kappa shape index (κ1) is 12.5. The number of rotatable bonds is 5. The Hall–Kier alpha value is -0.540. The normalized spacial score (nSPS) is 13.1. The first-order valence-electron chi connectivity index (χ1n) is 5.53. The molecule has 0 amide bonds. The molecule has 1 heterocycles. The highest BCUT2D eigenvalue weighted by Crippen LogP contribution is 2.22. The summed E-state index contributed by atoms with van der Waals surface area (Å²) >= 11 is 6.24. The fourth-order valence-corrected chi connectivity index (χ4v) is 1.96. The fourth-order valence-electron chi connectivity index (χ4n) is 1.75. The third kappa shape index (κ3) is 2.73. The van der Waals surface area contributed by atoms with Gasteiger partial charge in [-0.2, -0.15) is 5.10 Å². The second-order valence-electron chi connectivity index (χ2n) is 3.76. The lowest BCUT2D eigenvalue weighted by Crippen LogP contribution is -2.27. The third-order valence-electron chi connectivity index (χ3n) is 2.79. The van der Waals surface area contributed by atoms with E-state index in [1.807, 2.05) is 18.7 Å². The molecule has 15 heavy (non-hydrogen) atoms. The molecule has 0 saturated carbocycles. The van der Waals surface area contributed by atoms with Gasteiger partial charge in [0.05, 0.1) is 16.4 Å². The summed E-state index contributed by atoms with van der Waals surface area (Å²) in [6.07, 6.45) is 2.04. The van der Waals surface area contributed by atoms with E-state index in [2.05, 4.69) is 24.3 Å². The molecule has 1 rings (SSSR count). The van der Waals surface area contributed by atoms with Crippen molar-refractivity contribution in [2.45, 2.75) is 46.2 Å². The molecule has 0 aliphatic rings. The predicted octanol–water partition coefficient (Wildman–Crippen LogP) is 2.41. The van der Waals surface area contributed by atoms with E-state index in [1.165, 1.54) is 0 Å². The molecule has 3 nitrogen and oxygen atoms in total. The molecule has 86 valence electrons. The minimum absolute atomic E-state index is 0.476. The zero-order chi connectivity index (χ0) is 11.4. The van der Waals surface area contributed by atoms with Gasteiger partial charge in [0.2, 0.25) is 0 Å². The minimum atomic E-state index is 0.476. The highest BCUT2D eigenvalue weighted by Gasteiger charge is 2.15. The molecule has 0 aromatic carbocycles. The van der Waals surface area contributed by atoms with Gasteiger partial charge in [-0.05, 0) is 27.3 Å². The van der Waals surface area contributed by atoms with Crippen LogP contribution < -0.4 is 5.32 Å². The van der Waals surface area contributed by atoms with Gasteiger partial charge < -0.3 is 5.32 Å². The average Bonchev–Trinajstić information content (AvgIpc) is 2.52. The number of aryl methyl sites for hydroxylation is 2. The zero-order valence-corrected chi connectivity index (χ0v) is 10.7. The van der Waals surface area contributed by atoms with Crippen molar-refractivity contribution in [3.05, 3.63) is 16.4 Å². The second kappa shape index (κ2) is 5.52. The van der Waals surface area contributed by atoms with Crippen molar-refractivity contribution in [1.29, 1.82) is 0 Å². The summed E-state index contributed by atoms with van der Waals surface area (Å²) in [4.78, 5) is 0. The van der Waals surface area contributed by atoms with Crippen LogP contribution in [0.4, 0.5) is 0 Å². The van der Waals surface area contributed by atoms with Gasteiger partial charge in [0.25, 0.3) is 0 Å². The summed E-state index contributed by atoms with van der Waals surface area (Å²) < 4.78 is 2.00. The highest BCUT2D eigenvalue weighted by molar-refractivity contribution is 6.31. The molecule has 0 saturated heterocycles. The maximum atomic E-state index is 6.24. The van der Waals surface area contributed by atoms with Gasteiger partial charge in [-0.1, -0.05) is 18.5 Å². The molecule has 0 spiro atoms. The van der Waals surface area contributed by atoms with Crippen molar-refractivity contribution in [3.63, 3.8) is 0 Å². The monoisotopic (exact) mass is 229 g/mol. The lowest BCUT2D eigenvalue weighted by Gasteiger charge is -2.14. The predicted molar refractivity (Wildman–Crippen MR) is 64.5 cm³/mol. The molecule has 0 fully saturated rings. The molecule has 1 atom stereocenters. The zero-order valence-electron chi connectivity index (χ0n) is 9.97. The van der Waals surface area contributed by atoms with Gasteiger partial charge in [0.15, 0.2) is 0 Å². The van der Waals surface area contributed by atoms with Crippen molar-refractivity contribution in [2.24, 2.45) is 0 Å². The second-order valence-corrected chi connectivity index (χ2v) is 4.14. The van der Waals surface area contributed by atoms with Crippen molar-refractivity contribution in [1.82, 2.24) is 15.1 Å². The Morgan fingerprint density at radius 2 is 2.13 bits per heavy atom. The van der Waals surface area contributed by atoms with Gasteiger partial charge in [0, 0.05) is 19.0 Å². The van der Waals surface area contributed by atoms with E-state index in [9.17, 15) is 0 Å². The van der Waals surface area contributed by atoms with Crippen LogP contribution in [0.5, 0.6) is 0 Å². The van der Waals surface area contributed by atoms with Crippen molar-refractivity contribution < 1.29 is 0 Å². The quantitative estimate of drug-likeness (QED) is 0.841. The van der Waals surface area contributed by atoms with Gasteiger partial charge in [0.1, 0.15) is 0 Å². The SMILES string of the molecule is CCC(Cc1c(Cl)c(C)nn1CC)NC. The van der Waals surface area contributed by atoms with Gasteiger partial charge in [-0.15, -0.1) is 0 Å². The standard InChI is InChI=1S/C11H20ClN3/c1-5-9(13-4)7-10-11(12)8(3)14-15(10)6-2/h9,13H,5-7H2,1-4H3. The van der Waals surface area contributed by atoms with Crippen LogP contribution in [0.1, 0.15) is 31.7 Å². The number of nitrogens with one attached hydrogen (secondary N) is 1. The number of hydrogen-bond donors (Lipinski definition) is 1. The van der Waals surface area contributed by atoms with E-state index in [1.54, 1.807) is 0 Å². The van der Waals surface area contributed by atoms with Crippen LogP contribution in [0.2, 0.25) is 5.02 Å². The number of likely N-dealkylation sites (N-methyl/N-ethyl adjacent to an activating group) is 1. The molecule has 0 aliphatic heterocycles. The van der Waals surface area contributed by atoms with E-state index in [-0.39, 0.29) is 0 Å². The molecule has 0 bridgehead atoms. The molecule has 4 heteroatoms. The van der Waals surface area contributed by atoms with Crippen molar-refractivity contribution in [3.8, 4) is 0 Å². The van der Waals surface area contributed by atoms with E-state index in [4.69, 9.17) is 11.6 Å². The number of nitrogens with zero attached hydrogens (tertiary/aromatic N) is 2. The lowest BCUT2D eigenvalue weighted by molar-refractivity contribution is 0.511. The van der Waals surface area contributed by atoms with E-state index >= 15 is 0 Å². The van der Waals surface area contributed by atoms with Crippen LogP contribution in [0.15, 0.2) is 0 Å². The maximum Gasteiger partial charge on any atom is 0.0847 e. The first-order chi connectivity index (χ1) is 7.13. The van der Waals surface area contributed by atoms with Crippen LogP contribution in [0.25, 0.3) is 0 Å². The maximum absolute atomic E-state index is 6.24. The Bertz CT molecular complexity index is 316. The Balaban J connectivity index is 2.91. The minimum Gasteiger partial charge on any atom is -0.317 e. The Morgan fingerprint density at radius 1 is 1.47 bits per heavy atom. The summed E-state index contributed by atoms with van der Waals surface area (Å²) in [6.45, 7) is 7.10.